The van der Waals surface area contributed by atoms with Gasteiger partial charge in [0.05, 0.1) is 11.5 Å². The van der Waals surface area contributed by atoms with Gasteiger partial charge in [0.15, 0.2) is 0 Å². The Hall–Kier alpha value is -2.60. The van der Waals surface area contributed by atoms with Crippen LogP contribution in [0.25, 0.3) is 6.08 Å². The smallest absolute Gasteiger partial charge is 0.331 e. The Morgan fingerprint density at radius 2 is 1.62 bits per heavy atom. The molecule has 0 amide bonds. The van der Waals surface area contributed by atoms with Crippen LogP contribution in [-0.4, -0.2) is 39.5 Å². The van der Waals surface area contributed by atoms with Gasteiger partial charge in [-0.2, -0.15) is 0 Å². The number of esters is 1. The molecule has 1 aromatic rings. The average Bonchev–Trinajstić information content (AvgIpc) is 2.97. The zero-order valence-corrected chi connectivity index (χ0v) is 28.3. The predicted molar refractivity (Wildman–Crippen MR) is 175 cm³/mol. The van der Waals surface area contributed by atoms with E-state index in [9.17, 15) is 24.9 Å². The van der Waals surface area contributed by atoms with Gasteiger partial charge in [-0.1, -0.05) is 72.2 Å². The molecule has 6 nitrogen and oxygen atoms in total. The molecule has 1 aromatic carbocycles. The van der Waals surface area contributed by atoms with Crippen LogP contribution in [0.4, 0.5) is 0 Å². The van der Waals surface area contributed by atoms with E-state index >= 15 is 0 Å². The van der Waals surface area contributed by atoms with Crippen LogP contribution in [0.3, 0.4) is 0 Å². The lowest BCUT2D eigenvalue weighted by Crippen LogP contribution is -2.67. The number of phenols is 1. The Kier molecular flexibility index (Phi) is 7.70. The van der Waals surface area contributed by atoms with Crippen molar-refractivity contribution < 1.29 is 29.6 Å². The maximum atomic E-state index is 13.0. The highest BCUT2D eigenvalue weighted by atomic mass is 16.6. The van der Waals surface area contributed by atoms with Gasteiger partial charge in [0.25, 0.3) is 0 Å². The first-order valence-electron chi connectivity index (χ1n) is 17.3. The van der Waals surface area contributed by atoms with E-state index in [1.165, 1.54) is 11.6 Å². The third kappa shape index (κ3) is 4.58. The van der Waals surface area contributed by atoms with Crippen molar-refractivity contribution in [3.05, 3.63) is 47.6 Å². The number of carbonyl (C=O) groups excluding carboxylic acids is 1. The first-order chi connectivity index (χ1) is 21.0. The molecule has 11 atom stereocenters. The highest BCUT2D eigenvalue weighted by molar-refractivity contribution is 5.87. The van der Waals surface area contributed by atoms with Gasteiger partial charge in [-0.25, -0.2) is 4.79 Å². The number of fused-ring (bicyclic) bond motifs is 7. The summed E-state index contributed by atoms with van der Waals surface area (Å²) >= 11 is 0. The number of hydrogen-bond acceptors (Lipinski definition) is 5. The number of aliphatic carboxylic acids is 1. The number of hydrogen-bond donors (Lipinski definition) is 3. The molecule has 5 aliphatic rings. The Bertz CT molecular complexity index is 1410. The van der Waals surface area contributed by atoms with Crippen molar-refractivity contribution in [2.75, 3.05) is 0 Å². The Morgan fingerprint density at radius 1 is 0.933 bits per heavy atom. The molecule has 0 spiro atoms. The van der Waals surface area contributed by atoms with Crippen molar-refractivity contribution >= 4 is 18.0 Å². The number of rotatable bonds is 4. The summed E-state index contributed by atoms with van der Waals surface area (Å²) in [5.41, 5.74) is 0.857. The van der Waals surface area contributed by atoms with E-state index in [1.54, 1.807) is 30.3 Å². The van der Waals surface area contributed by atoms with Gasteiger partial charge in [-0.05, 0) is 121 Å². The van der Waals surface area contributed by atoms with Crippen LogP contribution in [0, 0.1) is 56.7 Å². The number of carboxylic acids is 1. The first-order valence-corrected chi connectivity index (χ1v) is 17.3. The van der Waals surface area contributed by atoms with Gasteiger partial charge in [0, 0.05) is 11.5 Å². The molecule has 2 unspecified atom stereocenters. The van der Waals surface area contributed by atoms with E-state index in [0.717, 1.165) is 50.5 Å². The van der Waals surface area contributed by atoms with Gasteiger partial charge in [0.2, 0.25) is 0 Å². The molecule has 4 saturated carbocycles. The van der Waals surface area contributed by atoms with E-state index < -0.39 is 35.0 Å². The fourth-order valence-electron chi connectivity index (χ4n) is 12.1. The quantitative estimate of drug-likeness (QED) is 0.179. The molecular weight excluding hydrogens is 564 g/mol. The molecule has 45 heavy (non-hydrogen) atoms. The molecule has 0 aromatic heterocycles. The molecule has 0 bridgehead atoms. The molecule has 4 fully saturated rings. The molecule has 6 heteroatoms. The summed E-state index contributed by atoms with van der Waals surface area (Å²) in [4.78, 5) is 26.0. The van der Waals surface area contributed by atoms with Crippen LogP contribution in [0.5, 0.6) is 5.75 Å². The molecular formula is C39H54O6. The molecule has 0 radical (unpaired) electrons. The summed E-state index contributed by atoms with van der Waals surface area (Å²) in [7, 11) is 0. The lowest BCUT2D eigenvalue weighted by Gasteiger charge is -2.71. The summed E-state index contributed by atoms with van der Waals surface area (Å²) in [5.74, 6) is 0.617. The Labute approximate surface area is 269 Å². The van der Waals surface area contributed by atoms with E-state index in [0.29, 0.717) is 24.2 Å². The minimum Gasteiger partial charge on any atom is -0.508 e. The fraction of sp³-hybridized carbons (Fsp3) is 0.692. The molecule has 246 valence electrons. The van der Waals surface area contributed by atoms with Crippen LogP contribution in [0.15, 0.2) is 42.0 Å². The minimum atomic E-state index is -0.780. The van der Waals surface area contributed by atoms with E-state index in [2.05, 4.69) is 54.5 Å². The molecule has 6 rings (SSSR count). The Balaban J connectivity index is 1.29. The molecule has 0 aliphatic heterocycles. The van der Waals surface area contributed by atoms with Gasteiger partial charge in [0.1, 0.15) is 11.9 Å². The van der Waals surface area contributed by atoms with Gasteiger partial charge < -0.3 is 20.1 Å². The number of aliphatic hydroxyl groups is 1. The largest absolute Gasteiger partial charge is 0.508 e. The number of benzene rings is 1. The van der Waals surface area contributed by atoms with Crippen molar-refractivity contribution in [2.24, 2.45) is 56.7 Å². The van der Waals surface area contributed by atoms with Crippen LogP contribution in [-0.2, 0) is 14.3 Å². The lowest BCUT2D eigenvalue weighted by atomic mass is 9.33. The average molecular weight is 619 g/mol. The SMILES string of the molecule is C[C@H]1[C@H](C)CC[C@]2(C(=O)O)CC[C@]3(C)C(=CCC4[C@@]5(C)C[C@@H](O)[C@H](OC(=O)/C=C/c6ccc(O)cc6)C(C)(C)C5CC[C@]43C)[C@H]12. The van der Waals surface area contributed by atoms with Crippen LogP contribution in [0.2, 0.25) is 0 Å². The number of allylic oxidation sites excluding steroid dienone is 2. The topological polar surface area (TPSA) is 104 Å². The van der Waals surface area contributed by atoms with Gasteiger partial charge in [-0.15, -0.1) is 0 Å². The first kappa shape index (κ1) is 32.3. The third-order valence-electron chi connectivity index (χ3n) is 14.9. The second-order valence-electron chi connectivity index (χ2n) is 17.0. The van der Waals surface area contributed by atoms with Crippen molar-refractivity contribution in [2.45, 2.75) is 112 Å². The van der Waals surface area contributed by atoms with E-state index in [-0.39, 0.29) is 33.8 Å². The fourth-order valence-corrected chi connectivity index (χ4v) is 12.1. The summed E-state index contributed by atoms with van der Waals surface area (Å²) in [6.45, 7) is 16.2. The third-order valence-corrected chi connectivity index (χ3v) is 14.9. The zero-order valence-electron chi connectivity index (χ0n) is 28.3. The monoisotopic (exact) mass is 618 g/mol. The normalized spacial score (nSPS) is 45.3. The van der Waals surface area contributed by atoms with Crippen molar-refractivity contribution in [3.63, 3.8) is 0 Å². The van der Waals surface area contributed by atoms with Crippen LogP contribution in [0.1, 0.15) is 105 Å². The highest BCUT2D eigenvalue weighted by Gasteiger charge is 2.70. The van der Waals surface area contributed by atoms with E-state index in [1.807, 2.05) is 0 Å². The summed E-state index contributed by atoms with van der Waals surface area (Å²) in [6.07, 6.45) is 11.1. The number of carboxylic acid groups (broad SMARTS) is 1. The molecule has 0 saturated heterocycles. The maximum Gasteiger partial charge on any atom is 0.331 e. The van der Waals surface area contributed by atoms with Crippen molar-refractivity contribution in [1.29, 1.82) is 0 Å². The number of ether oxygens (including phenoxy) is 1. The summed E-state index contributed by atoms with van der Waals surface area (Å²) < 4.78 is 6.05. The summed E-state index contributed by atoms with van der Waals surface area (Å²) in [5, 5.41) is 32.0. The standard InChI is InChI=1S/C39H54O6/c1-23-16-19-39(34(43)44)21-20-37(6)27(32(39)24(23)2)13-14-30-36(5)22-28(41)33(35(3,4)29(36)17-18-38(30,37)7)45-31(42)15-10-25-8-11-26(40)12-9-25/h8-13,15,23-24,28-30,32-33,40-41H,14,16-22H2,1-7H3,(H,43,44)/b15-10+/t23-,24+,28-,29?,30?,32+,33+,36+,37-,38-,39+/m1/s1. The minimum absolute atomic E-state index is 0.0143. The lowest BCUT2D eigenvalue weighted by molar-refractivity contribution is -0.238. The van der Waals surface area contributed by atoms with Crippen LogP contribution < -0.4 is 0 Å². The molecule has 0 heterocycles. The Morgan fingerprint density at radius 3 is 2.29 bits per heavy atom. The predicted octanol–water partition coefficient (Wildman–Crippen LogP) is 8.03. The second-order valence-corrected chi connectivity index (χ2v) is 17.0. The summed E-state index contributed by atoms with van der Waals surface area (Å²) in [6, 6.07) is 6.62. The number of phenolic OH excluding ortho intramolecular Hbond substituents is 1. The van der Waals surface area contributed by atoms with Crippen LogP contribution >= 0.6 is 0 Å². The highest BCUT2D eigenvalue weighted by Crippen LogP contribution is 2.75. The van der Waals surface area contributed by atoms with Gasteiger partial charge in [-0.3, -0.25) is 4.79 Å². The van der Waals surface area contributed by atoms with Crippen molar-refractivity contribution in [1.82, 2.24) is 0 Å². The molecule has 5 aliphatic carbocycles. The zero-order chi connectivity index (χ0) is 32.7. The number of aromatic hydroxyl groups is 1. The molecule has 3 N–H and O–H groups in total. The number of aliphatic hydroxyl groups excluding tert-OH is 1. The number of carbonyl (C=O) groups is 2. The maximum absolute atomic E-state index is 13.0. The van der Waals surface area contributed by atoms with E-state index in [4.69, 9.17) is 4.74 Å². The van der Waals surface area contributed by atoms with Crippen molar-refractivity contribution in [3.8, 4) is 5.75 Å². The second kappa shape index (κ2) is 10.7. The van der Waals surface area contributed by atoms with Gasteiger partial charge >= 0.3 is 11.9 Å².